The zero-order valence-electron chi connectivity index (χ0n) is 11.1. The summed E-state index contributed by atoms with van der Waals surface area (Å²) in [6.45, 7) is 2.20. The number of benzene rings is 2. The molecule has 0 amide bonds. The number of halogens is 1. The molecule has 0 aliphatic heterocycles. The van der Waals surface area contributed by atoms with Crippen LogP contribution < -0.4 is 5.32 Å². The van der Waals surface area contributed by atoms with Gasteiger partial charge in [0.25, 0.3) is 0 Å². The number of rotatable bonds is 3. The van der Waals surface area contributed by atoms with Crippen molar-refractivity contribution in [2.75, 3.05) is 5.32 Å². The predicted octanol–water partition coefficient (Wildman–Crippen LogP) is 5.11. The first kappa shape index (κ1) is 12.7. The predicted molar refractivity (Wildman–Crippen MR) is 84.6 cm³/mol. The third-order valence-corrected chi connectivity index (χ3v) is 4.58. The summed E-state index contributed by atoms with van der Waals surface area (Å²) in [5.74, 6) is 0. The summed E-state index contributed by atoms with van der Waals surface area (Å²) < 4.78 is 1.16. The Balaban J connectivity index is 1.80. The highest BCUT2D eigenvalue weighted by Crippen LogP contribution is 2.29. The summed E-state index contributed by atoms with van der Waals surface area (Å²) in [6, 6.07) is 15.5. The first-order valence-electron chi connectivity index (χ1n) is 6.87. The quantitative estimate of drug-likeness (QED) is 0.829. The Morgan fingerprint density at radius 3 is 2.68 bits per heavy atom. The Kier molecular flexibility index (Phi) is 3.61. The lowest BCUT2D eigenvalue weighted by atomic mass is 10.1. The summed E-state index contributed by atoms with van der Waals surface area (Å²) in [6.07, 6.45) is 3.78. The van der Waals surface area contributed by atoms with Crippen molar-refractivity contribution in [1.82, 2.24) is 0 Å². The van der Waals surface area contributed by atoms with E-state index in [4.69, 9.17) is 0 Å². The first-order valence-corrected chi connectivity index (χ1v) is 7.66. The molecule has 0 saturated heterocycles. The Labute approximate surface area is 123 Å². The van der Waals surface area contributed by atoms with Crippen LogP contribution in [0.5, 0.6) is 0 Å². The minimum absolute atomic E-state index is 0.301. The summed E-state index contributed by atoms with van der Waals surface area (Å²) >= 11 is 3.62. The van der Waals surface area contributed by atoms with E-state index in [1.807, 2.05) is 0 Å². The van der Waals surface area contributed by atoms with Crippen LogP contribution in [0.25, 0.3) is 0 Å². The van der Waals surface area contributed by atoms with Crippen molar-refractivity contribution in [3.05, 3.63) is 63.6 Å². The minimum atomic E-state index is 0.301. The van der Waals surface area contributed by atoms with Crippen LogP contribution in [-0.2, 0) is 12.8 Å². The number of aryl methyl sites for hydroxylation is 2. The van der Waals surface area contributed by atoms with Crippen molar-refractivity contribution >= 4 is 21.6 Å². The van der Waals surface area contributed by atoms with Crippen LogP contribution >= 0.6 is 15.9 Å². The summed E-state index contributed by atoms with van der Waals surface area (Å²) in [4.78, 5) is 0. The van der Waals surface area contributed by atoms with Gasteiger partial charge in [0.2, 0.25) is 0 Å². The molecule has 0 aromatic heterocycles. The molecular formula is C17H18BrN. The molecule has 0 radical (unpaired) electrons. The average molecular weight is 316 g/mol. The molecule has 0 bridgehead atoms. The second-order valence-electron chi connectivity index (χ2n) is 5.22. The van der Waals surface area contributed by atoms with Crippen molar-refractivity contribution in [2.45, 2.75) is 32.2 Å². The third-order valence-electron chi connectivity index (χ3n) is 3.85. The van der Waals surface area contributed by atoms with Gasteiger partial charge in [-0.3, -0.25) is 0 Å². The van der Waals surface area contributed by atoms with E-state index >= 15 is 0 Å². The van der Waals surface area contributed by atoms with Crippen LogP contribution in [0.3, 0.4) is 0 Å². The van der Waals surface area contributed by atoms with Gasteiger partial charge in [0.05, 0.1) is 0 Å². The number of fused-ring (bicyclic) bond motifs is 1. The molecule has 2 aromatic carbocycles. The lowest BCUT2D eigenvalue weighted by molar-refractivity contribution is 0.878. The van der Waals surface area contributed by atoms with E-state index in [1.165, 1.54) is 41.6 Å². The largest absolute Gasteiger partial charge is 0.378 e. The number of hydrogen-bond acceptors (Lipinski definition) is 1. The topological polar surface area (TPSA) is 12.0 Å². The Morgan fingerprint density at radius 2 is 1.84 bits per heavy atom. The maximum Gasteiger partial charge on any atom is 0.0496 e. The lowest BCUT2D eigenvalue weighted by Crippen LogP contribution is -2.07. The van der Waals surface area contributed by atoms with Crippen molar-refractivity contribution < 1.29 is 0 Å². The first-order chi connectivity index (χ1) is 9.24. The van der Waals surface area contributed by atoms with Crippen LogP contribution in [-0.4, -0.2) is 0 Å². The van der Waals surface area contributed by atoms with Crippen molar-refractivity contribution in [3.8, 4) is 0 Å². The van der Waals surface area contributed by atoms with Gasteiger partial charge in [-0.2, -0.15) is 0 Å². The molecule has 1 unspecified atom stereocenters. The van der Waals surface area contributed by atoms with E-state index in [1.54, 1.807) is 0 Å². The third kappa shape index (κ3) is 2.69. The molecule has 2 heteroatoms. The van der Waals surface area contributed by atoms with E-state index in [2.05, 4.69) is 70.6 Å². The number of hydrogen-bond donors (Lipinski definition) is 1. The molecule has 0 fully saturated rings. The summed E-state index contributed by atoms with van der Waals surface area (Å²) in [5, 5.41) is 3.60. The molecule has 2 aromatic rings. The average Bonchev–Trinajstić information content (AvgIpc) is 2.86. The highest BCUT2D eigenvalue weighted by atomic mass is 79.9. The zero-order chi connectivity index (χ0) is 13.2. The Hall–Kier alpha value is -1.28. The standard InChI is InChI=1S/C17H18BrN/c1-12(16-7-2-3-8-17(16)18)19-15-10-9-13-5-4-6-14(13)11-15/h2-3,7-12,19H,4-6H2,1H3. The van der Waals surface area contributed by atoms with Crippen LogP contribution in [0.4, 0.5) is 5.69 Å². The second-order valence-corrected chi connectivity index (χ2v) is 6.08. The fourth-order valence-electron chi connectivity index (χ4n) is 2.82. The molecule has 1 nitrogen and oxygen atoms in total. The highest BCUT2D eigenvalue weighted by molar-refractivity contribution is 9.10. The molecule has 19 heavy (non-hydrogen) atoms. The highest BCUT2D eigenvalue weighted by Gasteiger charge is 2.13. The van der Waals surface area contributed by atoms with Crippen LogP contribution in [0.15, 0.2) is 46.9 Å². The molecule has 1 aliphatic rings. The Bertz CT molecular complexity index is 592. The molecular weight excluding hydrogens is 298 g/mol. The van der Waals surface area contributed by atoms with Gasteiger partial charge in [-0.1, -0.05) is 40.2 Å². The fourth-order valence-corrected chi connectivity index (χ4v) is 3.44. The maximum atomic E-state index is 3.62. The van der Waals surface area contributed by atoms with Gasteiger partial charge in [-0.15, -0.1) is 0 Å². The molecule has 0 heterocycles. The second kappa shape index (κ2) is 5.38. The van der Waals surface area contributed by atoms with E-state index in [-0.39, 0.29) is 0 Å². The number of nitrogens with one attached hydrogen (secondary N) is 1. The molecule has 1 N–H and O–H groups in total. The molecule has 0 saturated carbocycles. The van der Waals surface area contributed by atoms with E-state index < -0.39 is 0 Å². The van der Waals surface area contributed by atoms with Gasteiger partial charge < -0.3 is 5.32 Å². The minimum Gasteiger partial charge on any atom is -0.378 e. The van der Waals surface area contributed by atoms with E-state index in [0.717, 1.165) is 4.47 Å². The van der Waals surface area contributed by atoms with E-state index in [9.17, 15) is 0 Å². The van der Waals surface area contributed by atoms with E-state index in [0.29, 0.717) is 6.04 Å². The molecule has 1 aliphatic carbocycles. The summed E-state index contributed by atoms with van der Waals surface area (Å²) in [7, 11) is 0. The van der Waals surface area contributed by atoms with Gasteiger partial charge in [0.15, 0.2) is 0 Å². The van der Waals surface area contributed by atoms with Gasteiger partial charge in [-0.05, 0) is 61.1 Å². The van der Waals surface area contributed by atoms with Gasteiger partial charge in [0, 0.05) is 16.2 Å². The smallest absolute Gasteiger partial charge is 0.0496 e. The number of anilines is 1. The Morgan fingerprint density at radius 1 is 1.05 bits per heavy atom. The van der Waals surface area contributed by atoms with Crippen molar-refractivity contribution in [1.29, 1.82) is 0 Å². The van der Waals surface area contributed by atoms with Gasteiger partial charge >= 0.3 is 0 Å². The van der Waals surface area contributed by atoms with Gasteiger partial charge in [0.1, 0.15) is 0 Å². The van der Waals surface area contributed by atoms with Crippen LogP contribution in [0.1, 0.15) is 36.1 Å². The molecule has 98 valence electrons. The molecule has 1 atom stereocenters. The monoisotopic (exact) mass is 315 g/mol. The van der Waals surface area contributed by atoms with Gasteiger partial charge in [-0.25, -0.2) is 0 Å². The SMILES string of the molecule is CC(Nc1ccc2c(c1)CCC2)c1ccccc1Br. The summed E-state index contributed by atoms with van der Waals surface area (Å²) in [5.41, 5.74) is 5.57. The van der Waals surface area contributed by atoms with Crippen LogP contribution in [0, 0.1) is 0 Å². The molecule has 3 rings (SSSR count). The maximum absolute atomic E-state index is 3.62. The van der Waals surface area contributed by atoms with Crippen molar-refractivity contribution in [2.24, 2.45) is 0 Å². The van der Waals surface area contributed by atoms with Crippen LogP contribution in [0.2, 0.25) is 0 Å². The molecule has 0 spiro atoms. The lowest BCUT2D eigenvalue weighted by Gasteiger charge is -2.18. The van der Waals surface area contributed by atoms with Crippen molar-refractivity contribution in [3.63, 3.8) is 0 Å². The fraction of sp³-hybridized carbons (Fsp3) is 0.294. The normalized spacial score (nSPS) is 15.1. The zero-order valence-corrected chi connectivity index (χ0v) is 12.7.